The number of hydrogen-bond donors (Lipinski definition) is 2. The Bertz CT molecular complexity index is 317. The normalized spacial score (nSPS) is 31.2. The third-order valence-electron chi connectivity index (χ3n) is 4.78. The Morgan fingerprint density at radius 1 is 1.11 bits per heavy atom. The number of hydrogen-bond acceptors (Lipinski definition) is 3. The van der Waals surface area contributed by atoms with Gasteiger partial charge >= 0.3 is 0 Å². The van der Waals surface area contributed by atoms with Gasteiger partial charge in [0.2, 0.25) is 5.91 Å². The van der Waals surface area contributed by atoms with Crippen LogP contribution >= 0.6 is 0 Å². The van der Waals surface area contributed by atoms with Crippen molar-refractivity contribution < 1.29 is 4.79 Å². The second-order valence-corrected chi connectivity index (χ2v) is 6.45. The standard InChI is InChI=1S/C15H27N3O/c19-15(17-12-5-6-12)4-1-8-16-13-7-10-18-9-2-3-14(18)11-13/h12-14,16H,1-11H2,(H,17,19). The summed E-state index contributed by atoms with van der Waals surface area (Å²) in [6.45, 7) is 3.58. The largest absolute Gasteiger partial charge is 0.353 e. The lowest BCUT2D eigenvalue weighted by Gasteiger charge is -2.35. The van der Waals surface area contributed by atoms with Gasteiger partial charge in [-0.05, 0) is 64.6 Å². The van der Waals surface area contributed by atoms with Gasteiger partial charge in [-0.1, -0.05) is 0 Å². The Hall–Kier alpha value is -0.610. The van der Waals surface area contributed by atoms with Gasteiger partial charge in [0, 0.05) is 24.5 Å². The number of rotatable bonds is 6. The minimum Gasteiger partial charge on any atom is -0.353 e. The Labute approximate surface area is 116 Å². The fourth-order valence-electron chi connectivity index (χ4n) is 3.49. The topological polar surface area (TPSA) is 44.4 Å². The average molecular weight is 265 g/mol. The van der Waals surface area contributed by atoms with E-state index in [0.717, 1.165) is 19.0 Å². The molecule has 19 heavy (non-hydrogen) atoms. The SMILES string of the molecule is O=C(CCCNC1CCN2CCCC2C1)NC1CC1. The first-order valence-corrected chi connectivity index (χ1v) is 8.08. The lowest BCUT2D eigenvalue weighted by molar-refractivity contribution is -0.121. The summed E-state index contributed by atoms with van der Waals surface area (Å²) in [5.74, 6) is 0.245. The molecule has 0 spiro atoms. The van der Waals surface area contributed by atoms with Crippen molar-refractivity contribution in [2.24, 2.45) is 0 Å². The zero-order valence-electron chi connectivity index (χ0n) is 11.9. The maximum Gasteiger partial charge on any atom is 0.220 e. The third kappa shape index (κ3) is 3.93. The summed E-state index contributed by atoms with van der Waals surface area (Å²) in [7, 11) is 0. The number of carbonyl (C=O) groups is 1. The van der Waals surface area contributed by atoms with E-state index in [0.29, 0.717) is 18.5 Å². The number of piperidine rings is 1. The first-order chi connectivity index (χ1) is 9.31. The molecule has 108 valence electrons. The zero-order chi connectivity index (χ0) is 13.1. The summed E-state index contributed by atoms with van der Waals surface area (Å²) in [6, 6.07) is 2.03. The Morgan fingerprint density at radius 3 is 2.84 bits per heavy atom. The molecule has 1 amide bonds. The van der Waals surface area contributed by atoms with Crippen LogP contribution in [0.3, 0.4) is 0 Å². The fourth-order valence-corrected chi connectivity index (χ4v) is 3.49. The van der Waals surface area contributed by atoms with Gasteiger partial charge in [0.05, 0.1) is 0 Å². The highest BCUT2D eigenvalue weighted by molar-refractivity contribution is 5.76. The summed E-state index contributed by atoms with van der Waals surface area (Å²) >= 11 is 0. The second-order valence-electron chi connectivity index (χ2n) is 6.45. The van der Waals surface area contributed by atoms with Crippen molar-refractivity contribution in [2.45, 2.75) is 69.5 Å². The molecule has 2 atom stereocenters. The number of nitrogens with zero attached hydrogens (tertiary/aromatic N) is 1. The van der Waals surface area contributed by atoms with Crippen molar-refractivity contribution in [2.75, 3.05) is 19.6 Å². The highest BCUT2D eigenvalue weighted by Gasteiger charge is 2.31. The van der Waals surface area contributed by atoms with E-state index in [4.69, 9.17) is 0 Å². The quantitative estimate of drug-likeness (QED) is 0.711. The van der Waals surface area contributed by atoms with Crippen molar-refractivity contribution in [1.82, 2.24) is 15.5 Å². The summed E-state index contributed by atoms with van der Waals surface area (Å²) in [5, 5.41) is 6.70. The van der Waals surface area contributed by atoms with Gasteiger partial charge in [-0.2, -0.15) is 0 Å². The van der Waals surface area contributed by atoms with Crippen molar-refractivity contribution in [3.05, 3.63) is 0 Å². The van der Waals surface area contributed by atoms with Crippen molar-refractivity contribution >= 4 is 5.91 Å². The van der Waals surface area contributed by atoms with Crippen LogP contribution in [0.25, 0.3) is 0 Å². The number of carbonyl (C=O) groups excluding carboxylic acids is 1. The lowest BCUT2D eigenvalue weighted by atomic mass is 9.97. The molecule has 2 N–H and O–H groups in total. The van der Waals surface area contributed by atoms with E-state index in [1.165, 1.54) is 51.6 Å². The smallest absolute Gasteiger partial charge is 0.220 e. The molecule has 0 aromatic carbocycles. The minimum absolute atomic E-state index is 0.245. The Morgan fingerprint density at radius 2 is 2.00 bits per heavy atom. The number of fused-ring (bicyclic) bond motifs is 1. The lowest BCUT2D eigenvalue weighted by Crippen LogP contribution is -2.45. The first kappa shape index (κ1) is 13.4. The molecular formula is C15H27N3O. The third-order valence-corrected chi connectivity index (χ3v) is 4.78. The molecule has 3 fully saturated rings. The molecular weight excluding hydrogens is 238 g/mol. The van der Waals surface area contributed by atoms with Gasteiger partial charge in [-0.25, -0.2) is 0 Å². The van der Waals surface area contributed by atoms with E-state index in [1.807, 2.05) is 0 Å². The maximum atomic E-state index is 11.5. The van der Waals surface area contributed by atoms with Crippen LogP contribution in [0.1, 0.15) is 51.4 Å². The second kappa shape index (κ2) is 6.23. The monoisotopic (exact) mass is 265 g/mol. The van der Waals surface area contributed by atoms with E-state index >= 15 is 0 Å². The highest BCUT2D eigenvalue weighted by Crippen LogP contribution is 2.26. The highest BCUT2D eigenvalue weighted by atomic mass is 16.1. The molecule has 0 bridgehead atoms. The molecule has 0 aromatic rings. The molecule has 2 aliphatic heterocycles. The van der Waals surface area contributed by atoms with Crippen LogP contribution in [-0.2, 0) is 4.79 Å². The maximum absolute atomic E-state index is 11.5. The summed E-state index contributed by atoms with van der Waals surface area (Å²) < 4.78 is 0. The van der Waals surface area contributed by atoms with Gasteiger partial charge in [0.1, 0.15) is 0 Å². The summed E-state index contributed by atoms with van der Waals surface area (Å²) in [5.41, 5.74) is 0. The van der Waals surface area contributed by atoms with Crippen molar-refractivity contribution in [3.63, 3.8) is 0 Å². The molecule has 1 aliphatic carbocycles. The van der Waals surface area contributed by atoms with E-state index in [9.17, 15) is 4.79 Å². The van der Waals surface area contributed by atoms with Crippen LogP contribution < -0.4 is 10.6 Å². The minimum atomic E-state index is 0.245. The number of amides is 1. The van der Waals surface area contributed by atoms with Crippen molar-refractivity contribution in [3.8, 4) is 0 Å². The van der Waals surface area contributed by atoms with Crippen molar-refractivity contribution in [1.29, 1.82) is 0 Å². The summed E-state index contributed by atoms with van der Waals surface area (Å²) in [4.78, 5) is 14.2. The fraction of sp³-hybridized carbons (Fsp3) is 0.933. The molecule has 0 aromatic heterocycles. The van der Waals surface area contributed by atoms with Crippen LogP contribution in [0, 0.1) is 0 Å². The molecule has 4 heteroatoms. The summed E-state index contributed by atoms with van der Waals surface area (Å²) in [6.07, 6.45) is 9.41. The van der Waals surface area contributed by atoms with E-state index in [2.05, 4.69) is 15.5 Å². The predicted molar refractivity (Wildman–Crippen MR) is 76.0 cm³/mol. The molecule has 3 aliphatic rings. The van der Waals surface area contributed by atoms with Gasteiger partial charge in [-0.3, -0.25) is 4.79 Å². The Balaban J connectivity index is 1.26. The molecule has 2 saturated heterocycles. The number of nitrogens with one attached hydrogen (secondary N) is 2. The average Bonchev–Trinajstić information content (AvgIpc) is 3.09. The van der Waals surface area contributed by atoms with Crippen LogP contribution in [0.15, 0.2) is 0 Å². The van der Waals surface area contributed by atoms with Crippen LogP contribution in [0.2, 0.25) is 0 Å². The molecule has 2 heterocycles. The van der Waals surface area contributed by atoms with Crippen LogP contribution in [-0.4, -0.2) is 48.6 Å². The van der Waals surface area contributed by atoms with Gasteiger partial charge in [-0.15, -0.1) is 0 Å². The molecule has 0 radical (unpaired) electrons. The first-order valence-electron chi connectivity index (χ1n) is 8.08. The molecule has 3 rings (SSSR count). The molecule has 1 saturated carbocycles. The van der Waals surface area contributed by atoms with Gasteiger partial charge in [0.25, 0.3) is 0 Å². The van der Waals surface area contributed by atoms with Gasteiger partial charge in [0.15, 0.2) is 0 Å². The molecule has 2 unspecified atom stereocenters. The van der Waals surface area contributed by atoms with Gasteiger partial charge < -0.3 is 15.5 Å². The Kier molecular flexibility index (Phi) is 4.38. The zero-order valence-corrected chi connectivity index (χ0v) is 11.9. The van der Waals surface area contributed by atoms with Crippen LogP contribution in [0.5, 0.6) is 0 Å². The van der Waals surface area contributed by atoms with E-state index in [-0.39, 0.29) is 5.91 Å². The predicted octanol–water partition coefficient (Wildman–Crippen LogP) is 1.26. The molecule has 4 nitrogen and oxygen atoms in total. The van der Waals surface area contributed by atoms with E-state index in [1.54, 1.807) is 0 Å². The van der Waals surface area contributed by atoms with E-state index < -0.39 is 0 Å². The van der Waals surface area contributed by atoms with Crippen LogP contribution in [0.4, 0.5) is 0 Å².